The van der Waals surface area contributed by atoms with Crippen molar-refractivity contribution in [3.05, 3.63) is 35.4 Å². The Labute approximate surface area is 118 Å². The van der Waals surface area contributed by atoms with Gasteiger partial charge in [-0.05, 0) is 37.8 Å². The van der Waals surface area contributed by atoms with Crippen molar-refractivity contribution < 1.29 is 5.11 Å². The summed E-state index contributed by atoms with van der Waals surface area (Å²) in [5.41, 5.74) is 2.82. The van der Waals surface area contributed by atoms with E-state index in [1.54, 1.807) is 0 Å². The molecule has 1 aromatic rings. The molecule has 2 N–H and O–H groups in total. The van der Waals surface area contributed by atoms with Crippen LogP contribution in [0.1, 0.15) is 52.2 Å². The van der Waals surface area contributed by atoms with Crippen LogP contribution in [0.15, 0.2) is 24.3 Å². The Kier molecular flexibility index (Phi) is 5.57. The molecule has 19 heavy (non-hydrogen) atoms. The topological polar surface area (TPSA) is 32.3 Å². The van der Waals surface area contributed by atoms with Gasteiger partial charge in [0.15, 0.2) is 0 Å². The van der Waals surface area contributed by atoms with Gasteiger partial charge in [0, 0.05) is 24.1 Å². The van der Waals surface area contributed by atoms with Crippen LogP contribution < -0.4 is 5.32 Å². The maximum absolute atomic E-state index is 9.07. The lowest BCUT2D eigenvalue weighted by molar-refractivity contribution is 0.223. The maximum Gasteiger partial charge on any atom is 0.0448 e. The maximum atomic E-state index is 9.07. The first-order chi connectivity index (χ1) is 8.80. The number of aliphatic hydroxyl groups excluding tert-OH is 1. The van der Waals surface area contributed by atoms with E-state index in [9.17, 15) is 0 Å². The van der Waals surface area contributed by atoms with Gasteiger partial charge in [-0.3, -0.25) is 0 Å². The molecule has 0 saturated heterocycles. The number of hydrogen-bond acceptors (Lipinski definition) is 2. The fraction of sp³-hybridized carbons (Fsp3) is 0.647. The lowest BCUT2D eigenvalue weighted by Gasteiger charge is -2.33. The Balaban J connectivity index is 2.69. The molecule has 0 fully saturated rings. The van der Waals surface area contributed by atoms with Gasteiger partial charge >= 0.3 is 0 Å². The first-order valence-electron chi connectivity index (χ1n) is 7.26. The minimum Gasteiger partial charge on any atom is -0.396 e. The van der Waals surface area contributed by atoms with Crippen molar-refractivity contribution in [2.45, 2.75) is 58.4 Å². The summed E-state index contributed by atoms with van der Waals surface area (Å²) in [5.74, 6) is 0. The molecule has 0 bridgehead atoms. The van der Waals surface area contributed by atoms with Crippen LogP contribution in [0.4, 0.5) is 0 Å². The molecule has 0 radical (unpaired) electrons. The van der Waals surface area contributed by atoms with Crippen molar-refractivity contribution in [1.82, 2.24) is 5.32 Å². The molecule has 1 aromatic carbocycles. The number of nitrogens with one attached hydrogen (secondary N) is 1. The fourth-order valence-corrected chi connectivity index (χ4v) is 2.12. The van der Waals surface area contributed by atoms with Crippen LogP contribution >= 0.6 is 0 Å². The molecule has 0 amide bonds. The van der Waals surface area contributed by atoms with E-state index >= 15 is 0 Å². The van der Waals surface area contributed by atoms with E-state index < -0.39 is 0 Å². The van der Waals surface area contributed by atoms with Gasteiger partial charge in [0.05, 0.1) is 0 Å². The second-order valence-corrected chi connectivity index (χ2v) is 6.65. The normalized spacial score (nSPS) is 12.7. The molecule has 2 nitrogen and oxygen atoms in total. The molecule has 0 aliphatic carbocycles. The molecular formula is C17H29NO. The van der Waals surface area contributed by atoms with E-state index in [2.05, 4.69) is 64.2 Å². The summed E-state index contributed by atoms with van der Waals surface area (Å²) in [4.78, 5) is 0. The van der Waals surface area contributed by atoms with Crippen LogP contribution in [-0.2, 0) is 11.8 Å². The number of hydrogen-bond donors (Lipinski definition) is 2. The molecule has 0 aromatic heterocycles. The van der Waals surface area contributed by atoms with Crippen molar-refractivity contribution >= 4 is 0 Å². The Morgan fingerprint density at radius 2 is 1.63 bits per heavy atom. The average Bonchev–Trinajstić information content (AvgIpc) is 2.37. The molecule has 0 spiro atoms. The first-order valence-corrected chi connectivity index (χ1v) is 7.26. The quantitative estimate of drug-likeness (QED) is 0.791. The monoisotopic (exact) mass is 263 g/mol. The van der Waals surface area contributed by atoms with E-state index in [0.29, 0.717) is 0 Å². The minimum absolute atomic E-state index is 0.0185. The summed E-state index contributed by atoms with van der Waals surface area (Å²) >= 11 is 0. The van der Waals surface area contributed by atoms with E-state index in [-0.39, 0.29) is 17.6 Å². The molecule has 2 heteroatoms. The van der Waals surface area contributed by atoms with Crippen molar-refractivity contribution in [2.75, 3.05) is 13.2 Å². The third-order valence-electron chi connectivity index (χ3n) is 3.89. The Morgan fingerprint density at radius 3 is 2.11 bits per heavy atom. The van der Waals surface area contributed by atoms with E-state index in [1.807, 2.05) is 0 Å². The zero-order valence-corrected chi connectivity index (χ0v) is 13.1. The minimum atomic E-state index is -0.0185. The third kappa shape index (κ3) is 4.96. The Morgan fingerprint density at radius 1 is 1.05 bits per heavy atom. The van der Waals surface area contributed by atoms with Crippen LogP contribution in [0, 0.1) is 0 Å². The highest BCUT2D eigenvalue weighted by Crippen LogP contribution is 2.24. The van der Waals surface area contributed by atoms with Gasteiger partial charge in [0.2, 0.25) is 0 Å². The molecular weight excluding hydrogens is 234 g/mol. The van der Waals surface area contributed by atoms with Crippen molar-refractivity contribution in [3.63, 3.8) is 0 Å². The van der Waals surface area contributed by atoms with Crippen molar-refractivity contribution in [3.8, 4) is 0 Å². The summed E-state index contributed by atoms with van der Waals surface area (Å²) < 4.78 is 0. The van der Waals surface area contributed by atoms with Gasteiger partial charge in [0.1, 0.15) is 0 Å². The molecule has 0 aliphatic rings. The number of rotatable bonds is 7. The largest absolute Gasteiger partial charge is 0.396 e. The molecule has 0 saturated carbocycles. The third-order valence-corrected chi connectivity index (χ3v) is 3.89. The van der Waals surface area contributed by atoms with E-state index in [4.69, 9.17) is 5.11 Å². The summed E-state index contributed by atoms with van der Waals surface area (Å²) in [7, 11) is 0. The van der Waals surface area contributed by atoms with Gasteiger partial charge in [-0.1, -0.05) is 45.0 Å². The van der Waals surface area contributed by atoms with Crippen molar-refractivity contribution in [2.24, 2.45) is 0 Å². The van der Waals surface area contributed by atoms with Gasteiger partial charge < -0.3 is 10.4 Å². The Bertz CT molecular complexity index is 379. The fourth-order valence-electron chi connectivity index (χ4n) is 2.12. The summed E-state index contributed by atoms with van der Waals surface area (Å²) in [6, 6.07) is 8.91. The molecule has 0 atom stereocenters. The predicted molar refractivity (Wildman–Crippen MR) is 82.6 cm³/mol. The molecule has 0 heterocycles. The second-order valence-electron chi connectivity index (χ2n) is 6.65. The number of benzene rings is 1. The number of aryl methyl sites for hydroxylation is 1. The second kappa shape index (κ2) is 6.53. The average molecular weight is 263 g/mol. The molecule has 108 valence electrons. The van der Waals surface area contributed by atoms with Crippen molar-refractivity contribution in [1.29, 1.82) is 0 Å². The van der Waals surface area contributed by atoms with Crippen LogP contribution in [0.5, 0.6) is 0 Å². The summed E-state index contributed by atoms with van der Waals surface area (Å²) in [5, 5.41) is 12.6. The lowest BCUT2D eigenvalue weighted by Crippen LogP contribution is -2.46. The molecule has 0 unspecified atom stereocenters. The zero-order chi connectivity index (χ0) is 14.5. The van der Waals surface area contributed by atoms with Crippen LogP contribution in [0.3, 0.4) is 0 Å². The van der Waals surface area contributed by atoms with Gasteiger partial charge in [-0.2, -0.15) is 0 Å². The highest BCUT2D eigenvalue weighted by Gasteiger charge is 2.24. The molecule has 1 rings (SSSR count). The van der Waals surface area contributed by atoms with Crippen LogP contribution in [-0.4, -0.2) is 23.8 Å². The van der Waals surface area contributed by atoms with Gasteiger partial charge in [-0.25, -0.2) is 0 Å². The highest BCUT2D eigenvalue weighted by molar-refractivity contribution is 5.28. The van der Waals surface area contributed by atoms with Gasteiger partial charge in [0.25, 0.3) is 0 Å². The van der Waals surface area contributed by atoms with Crippen LogP contribution in [0.2, 0.25) is 0 Å². The van der Waals surface area contributed by atoms with E-state index in [0.717, 1.165) is 19.4 Å². The molecule has 0 aliphatic heterocycles. The lowest BCUT2D eigenvalue weighted by atomic mass is 9.83. The standard InChI is InChI=1S/C17H29NO/c1-6-14-7-9-15(10-8-14)16(2,3)13-18-17(4,5)11-12-19/h7-10,18-19H,6,11-13H2,1-5H3. The Hall–Kier alpha value is -0.860. The highest BCUT2D eigenvalue weighted by atomic mass is 16.3. The van der Waals surface area contributed by atoms with E-state index in [1.165, 1.54) is 11.1 Å². The predicted octanol–water partition coefficient (Wildman–Crippen LogP) is 3.28. The van der Waals surface area contributed by atoms with Gasteiger partial charge in [-0.15, -0.1) is 0 Å². The summed E-state index contributed by atoms with van der Waals surface area (Å²) in [6.07, 6.45) is 1.86. The zero-order valence-electron chi connectivity index (χ0n) is 13.1. The van der Waals surface area contributed by atoms with Crippen LogP contribution in [0.25, 0.3) is 0 Å². The SMILES string of the molecule is CCc1ccc(C(C)(C)CNC(C)(C)CCO)cc1. The number of aliphatic hydroxyl groups is 1. The first kappa shape index (κ1) is 16.2. The summed E-state index contributed by atoms with van der Waals surface area (Å²) in [6.45, 7) is 12.1. The smallest absolute Gasteiger partial charge is 0.0448 e.